The number of hydrogen-bond acceptors (Lipinski definition) is 4. The fourth-order valence-electron chi connectivity index (χ4n) is 0.935. The van der Waals surface area contributed by atoms with Crippen molar-refractivity contribution in [1.82, 2.24) is 15.5 Å². The molecule has 1 atom stereocenters. The van der Waals surface area contributed by atoms with E-state index < -0.39 is 5.60 Å². The molecule has 0 aliphatic heterocycles. The lowest BCUT2D eigenvalue weighted by Crippen LogP contribution is -2.44. The Morgan fingerprint density at radius 3 is 2.79 bits per heavy atom. The number of aliphatic hydroxyl groups is 1. The minimum absolute atomic E-state index is 0.0181. The Hall–Kier alpha value is -1.00. The van der Waals surface area contributed by atoms with E-state index in [1.165, 1.54) is 0 Å². The molecule has 4 nitrogen and oxygen atoms in total. The highest BCUT2D eigenvalue weighted by molar-refractivity contribution is 4.99. The van der Waals surface area contributed by atoms with Crippen LogP contribution in [0, 0.1) is 0 Å². The van der Waals surface area contributed by atoms with E-state index in [-0.39, 0.29) is 6.04 Å². The van der Waals surface area contributed by atoms with E-state index in [2.05, 4.69) is 15.5 Å². The van der Waals surface area contributed by atoms with Gasteiger partial charge in [0.25, 0.3) is 0 Å². The standard InChI is InChI=1S/C10H17N3O/c1-8(10(2,3)14)11-7-9-5-4-6-12-13-9/h4-6,8,11,14H,7H2,1-3H3. The summed E-state index contributed by atoms with van der Waals surface area (Å²) in [7, 11) is 0. The highest BCUT2D eigenvalue weighted by Gasteiger charge is 2.21. The van der Waals surface area contributed by atoms with Gasteiger partial charge in [0.15, 0.2) is 0 Å². The van der Waals surface area contributed by atoms with Crippen LogP contribution in [0.25, 0.3) is 0 Å². The van der Waals surface area contributed by atoms with Crippen molar-refractivity contribution < 1.29 is 5.11 Å². The molecule has 1 aromatic heterocycles. The molecule has 0 fully saturated rings. The van der Waals surface area contributed by atoms with Crippen molar-refractivity contribution in [3.05, 3.63) is 24.0 Å². The lowest BCUT2D eigenvalue weighted by molar-refractivity contribution is 0.0436. The van der Waals surface area contributed by atoms with Gasteiger partial charge in [-0.2, -0.15) is 10.2 Å². The number of aromatic nitrogens is 2. The van der Waals surface area contributed by atoms with Crippen LogP contribution in [0.15, 0.2) is 18.3 Å². The monoisotopic (exact) mass is 195 g/mol. The summed E-state index contributed by atoms with van der Waals surface area (Å²) >= 11 is 0. The third kappa shape index (κ3) is 3.40. The SMILES string of the molecule is CC(NCc1cccnn1)C(C)(C)O. The zero-order chi connectivity index (χ0) is 10.6. The van der Waals surface area contributed by atoms with Gasteiger partial charge in [-0.15, -0.1) is 0 Å². The lowest BCUT2D eigenvalue weighted by atomic mass is 10.0. The minimum Gasteiger partial charge on any atom is -0.389 e. The summed E-state index contributed by atoms with van der Waals surface area (Å²) in [6, 6.07) is 3.76. The molecule has 0 saturated heterocycles. The first-order valence-corrected chi connectivity index (χ1v) is 4.72. The Morgan fingerprint density at radius 1 is 1.57 bits per heavy atom. The highest BCUT2D eigenvalue weighted by Crippen LogP contribution is 2.07. The molecule has 0 radical (unpaired) electrons. The first kappa shape index (κ1) is 11.1. The molecule has 2 N–H and O–H groups in total. The number of rotatable bonds is 4. The summed E-state index contributed by atoms with van der Waals surface area (Å²) in [5.41, 5.74) is 0.158. The van der Waals surface area contributed by atoms with Gasteiger partial charge in [-0.05, 0) is 32.9 Å². The molecule has 4 heteroatoms. The normalized spacial score (nSPS) is 14.0. The summed E-state index contributed by atoms with van der Waals surface area (Å²) < 4.78 is 0. The average molecular weight is 195 g/mol. The molecule has 0 aliphatic rings. The molecule has 0 saturated carbocycles. The highest BCUT2D eigenvalue weighted by atomic mass is 16.3. The lowest BCUT2D eigenvalue weighted by Gasteiger charge is -2.26. The number of nitrogens with zero attached hydrogens (tertiary/aromatic N) is 2. The average Bonchev–Trinajstić information content (AvgIpc) is 2.14. The molecule has 0 aromatic carbocycles. The van der Waals surface area contributed by atoms with E-state index in [0.717, 1.165) is 5.69 Å². The zero-order valence-electron chi connectivity index (χ0n) is 8.86. The molecule has 1 unspecified atom stereocenters. The minimum atomic E-state index is -0.720. The van der Waals surface area contributed by atoms with Crippen LogP contribution < -0.4 is 5.32 Å². The van der Waals surface area contributed by atoms with Crippen LogP contribution in [0.5, 0.6) is 0 Å². The van der Waals surface area contributed by atoms with E-state index in [9.17, 15) is 5.11 Å². The van der Waals surface area contributed by atoms with Gasteiger partial charge in [0.05, 0.1) is 11.3 Å². The zero-order valence-corrected chi connectivity index (χ0v) is 8.86. The van der Waals surface area contributed by atoms with Gasteiger partial charge >= 0.3 is 0 Å². The molecule has 14 heavy (non-hydrogen) atoms. The van der Waals surface area contributed by atoms with Crippen molar-refractivity contribution in [1.29, 1.82) is 0 Å². The number of hydrogen-bond donors (Lipinski definition) is 2. The van der Waals surface area contributed by atoms with E-state index in [0.29, 0.717) is 6.54 Å². The Kier molecular flexibility index (Phi) is 3.55. The van der Waals surface area contributed by atoms with Gasteiger partial charge in [-0.1, -0.05) is 0 Å². The molecular weight excluding hydrogens is 178 g/mol. The Morgan fingerprint density at radius 2 is 2.29 bits per heavy atom. The van der Waals surface area contributed by atoms with Crippen LogP contribution in [-0.4, -0.2) is 26.9 Å². The fourth-order valence-corrected chi connectivity index (χ4v) is 0.935. The van der Waals surface area contributed by atoms with Crippen molar-refractivity contribution >= 4 is 0 Å². The van der Waals surface area contributed by atoms with Gasteiger partial charge in [0.1, 0.15) is 0 Å². The summed E-state index contributed by atoms with van der Waals surface area (Å²) in [6.45, 7) is 6.12. The van der Waals surface area contributed by atoms with Crippen LogP contribution in [-0.2, 0) is 6.54 Å². The van der Waals surface area contributed by atoms with Crippen molar-refractivity contribution in [2.75, 3.05) is 0 Å². The van der Waals surface area contributed by atoms with Crippen LogP contribution >= 0.6 is 0 Å². The van der Waals surface area contributed by atoms with E-state index in [4.69, 9.17) is 0 Å². The second kappa shape index (κ2) is 4.48. The van der Waals surface area contributed by atoms with Crippen LogP contribution in [0.2, 0.25) is 0 Å². The molecule has 78 valence electrons. The predicted octanol–water partition coefficient (Wildman–Crippen LogP) is 0.726. The fraction of sp³-hybridized carbons (Fsp3) is 0.600. The summed E-state index contributed by atoms with van der Waals surface area (Å²) in [6.07, 6.45) is 1.64. The molecular formula is C10H17N3O. The van der Waals surface area contributed by atoms with Crippen molar-refractivity contribution in [3.63, 3.8) is 0 Å². The van der Waals surface area contributed by atoms with Crippen LogP contribution in [0.4, 0.5) is 0 Å². The van der Waals surface area contributed by atoms with Crippen LogP contribution in [0.3, 0.4) is 0 Å². The smallest absolute Gasteiger partial charge is 0.0769 e. The summed E-state index contributed by atoms with van der Waals surface area (Å²) in [5.74, 6) is 0. The largest absolute Gasteiger partial charge is 0.389 e. The van der Waals surface area contributed by atoms with Crippen molar-refractivity contribution in [3.8, 4) is 0 Å². The van der Waals surface area contributed by atoms with Crippen molar-refractivity contribution in [2.45, 2.75) is 39.0 Å². The van der Waals surface area contributed by atoms with Gasteiger partial charge in [0.2, 0.25) is 0 Å². The summed E-state index contributed by atoms with van der Waals surface area (Å²) in [4.78, 5) is 0. The molecule has 1 aromatic rings. The molecule has 0 amide bonds. The predicted molar refractivity (Wildman–Crippen MR) is 54.6 cm³/mol. The molecule has 0 aliphatic carbocycles. The van der Waals surface area contributed by atoms with Gasteiger partial charge in [-0.25, -0.2) is 0 Å². The van der Waals surface area contributed by atoms with Gasteiger partial charge < -0.3 is 10.4 Å². The van der Waals surface area contributed by atoms with Gasteiger partial charge in [-0.3, -0.25) is 0 Å². The second-order valence-electron chi connectivity index (χ2n) is 3.97. The Bertz CT molecular complexity index is 268. The maximum absolute atomic E-state index is 9.67. The van der Waals surface area contributed by atoms with Crippen LogP contribution in [0.1, 0.15) is 26.5 Å². The van der Waals surface area contributed by atoms with Gasteiger partial charge in [0, 0.05) is 18.8 Å². The molecule has 0 spiro atoms. The first-order chi connectivity index (χ1) is 6.50. The first-order valence-electron chi connectivity index (χ1n) is 4.72. The molecule has 0 bridgehead atoms. The quantitative estimate of drug-likeness (QED) is 0.743. The summed E-state index contributed by atoms with van der Waals surface area (Å²) in [5, 5.41) is 20.6. The van der Waals surface area contributed by atoms with E-state index >= 15 is 0 Å². The third-order valence-corrected chi connectivity index (χ3v) is 2.28. The maximum Gasteiger partial charge on any atom is 0.0769 e. The topological polar surface area (TPSA) is 58.0 Å². The Labute approximate surface area is 84.4 Å². The van der Waals surface area contributed by atoms with Crippen molar-refractivity contribution in [2.24, 2.45) is 0 Å². The molecule has 1 heterocycles. The third-order valence-electron chi connectivity index (χ3n) is 2.28. The maximum atomic E-state index is 9.67. The second-order valence-corrected chi connectivity index (χ2v) is 3.97. The van der Waals surface area contributed by atoms with E-state index in [1.54, 1.807) is 20.0 Å². The van der Waals surface area contributed by atoms with E-state index in [1.807, 2.05) is 19.1 Å². The molecule has 1 rings (SSSR count). The Balaban J connectivity index is 2.42. The number of nitrogens with one attached hydrogen (secondary N) is 1.